The van der Waals surface area contributed by atoms with Gasteiger partial charge in [-0.25, -0.2) is 13.6 Å². The van der Waals surface area contributed by atoms with E-state index in [-0.39, 0.29) is 17.2 Å². The third kappa shape index (κ3) is 9.70. The van der Waals surface area contributed by atoms with Crippen molar-refractivity contribution in [3.8, 4) is 6.07 Å². The number of alkyl carbamates (subject to hydrolysis) is 1. The number of quaternary nitrogens is 1. The molecular formula is C25H34F2N7O3+. The average Bonchev–Trinajstić information content (AvgIpc) is 3.27. The van der Waals surface area contributed by atoms with Crippen molar-refractivity contribution in [2.45, 2.75) is 64.6 Å². The Balaban J connectivity index is 2.05. The second kappa shape index (κ2) is 12.5. The van der Waals surface area contributed by atoms with Gasteiger partial charge in [-0.15, -0.1) is 0 Å². The van der Waals surface area contributed by atoms with Gasteiger partial charge >= 0.3 is 6.09 Å². The van der Waals surface area contributed by atoms with Crippen molar-refractivity contribution >= 4 is 23.9 Å². The molecule has 0 aromatic carbocycles. The van der Waals surface area contributed by atoms with Crippen LogP contribution in [0.2, 0.25) is 0 Å². The second-order valence-corrected chi connectivity index (χ2v) is 9.92. The lowest BCUT2D eigenvalue weighted by atomic mass is 9.96. The minimum Gasteiger partial charge on any atom is -0.444 e. The fourth-order valence-electron chi connectivity index (χ4n) is 3.46. The first kappa shape index (κ1) is 29.5. The number of hydrogen-bond acceptors (Lipinski definition) is 7. The lowest BCUT2D eigenvalue weighted by Crippen LogP contribution is -2.79. The predicted molar refractivity (Wildman–Crippen MR) is 135 cm³/mol. The topological polar surface area (TPSA) is 156 Å². The van der Waals surface area contributed by atoms with E-state index in [9.17, 15) is 18.4 Å². The second-order valence-electron chi connectivity index (χ2n) is 9.92. The lowest BCUT2D eigenvalue weighted by Gasteiger charge is -2.27. The van der Waals surface area contributed by atoms with Crippen LogP contribution >= 0.6 is 0 Å². The minimum absolute atomic E-state index is 0.00366. The Morgan fingerprint density at radius 3 is 2.57 bits per heavy atom. The van der Waals surface area contributed by atoms with Gasteiger partial charge in [0.15, 0.2) is 5.70 Å². The fraction of sp³-hybridized carbons (Fsp3) is 0.480. The number of nitrogens with one attached hydrogen (secondary N) is 4. The number of nitrogens with two attached hydrogens (primary N) is 1. The highest BCUT2D eigenvalue weighted by molar-refractivity contribution is 6.04. The molecule has 0 saturated carbocycles. The first-order valence-corrected chi connectivity index (χ1v) is 11.8. The van der Waals surface area contributed by atoms with Crippen molar-refractivity contribution < 1.29 is 28.4 Å². The first-order valence-electron chi connectivity index (χ1n) is 11.8. The third-order valence-electron chi connectivity index (χ3n) is 5.04. The van der Waals surface area contributed by atoms with Crippen LogP contribution in [0.4, 0.5) is 13.6 Å². The van der Waals surface area contributed by atoms with E-state index in [1.807, 2.05) is 36.6 Å². The molecular weight excluding hydrogens is 484 g/mol. The number of carbonyl (C=O) groups is 2. The van der Waals surface area contributed by atoms with Crippen molar-refractivity contribution in [2.24, 2.45) is 4.99 Å². The molecule has 2 aliphatic rings. The number of hydrogen-bond donors (Lipinski definition) is 5. The Morgan fingerprint density at radius 1 is 1.30 bits per heavy atom. The molecule has 1 atom stereocenters. The first-order chi connectivity index (χ1) is 17.2. The van der Waals surface area contributed by atoms with E-state index >= 15 is 0 Å². The molecule has 2 amide bonds. The Hall–Kier alpha value is -3.69. The van der Waals surface area contributed by atoms with Gasteiger partial charge in [0.1, 0.15) is 23.1 Å². The van der Waals surface area contributed by atoms with Crippen LogP contribution in [0.5, 0.6) is 0 Å². The number of nitriles is 1. The molecule has 200 valence electrons. The van der Waals surface area contributed by atoms with Gasteiger partial charge < -0.3 is 26.1 Å². The molecule has 10 nitrogen and oxygen atoms in total. The zero-order chi connectivity index (χ0) is 27.8. The van der Waals surface area contributed by atoms with Crippen LogP contribution < -0.4 is 21.3 Å². The summed E-state index contributed by atoms with van der Waals surface area (Å²) < 4.78 is 33.5. The summed E-state index contributed by atoms with van der Waals surface area (Å²) in [6.45, 7) is 6.71. The maximum absolute atomic E-state index is 14.3. The molecule has 12 heteroatoms. The van der Waals surface area contributed by atoms with Crippen LogP contribution in [0.15, 0.2) is 52.0 Å². The minimum atomic E-state index is -3.39. The Labute approximate surface area is 215 Å². The summed E-state index contributed by atoms with van der Waals surface area (Å²) in [7, 11) is 0. The largest absolute Gasteiger partial charge is 0.444 e. The SMILES string of the molecule is CC(C)NC1CC(C2=CC=C(C=C(C#N)C=N)[NH2+]2)=NC=C1C(=O)NCC(F)(F)CNC(=O)OC(C)(C)C. The normalized spacial score (nSPS) is 18.2. The van der Waals surface area contributed by atoms with Crippen molar-refractivity contribution in [3.63, 3.8) is 0 Å². The van der Waals surface area contributed by atoms with Gasteiger partial charge in [-0.05, 0) is 20.8 Å². The number of amides is 2. The van der Waals surface area contributed by atoms with Gasteiger partial charge in [0.25, 0.3) is 11.8 Å². The monoisotopic (exact) mass is 518 g/mol. The van der Waals surface area contributed by atoms with Gasteiger partial charge in [0, 0.05) is 49.1 Å². The zero-order valence-electron chi connectivity index (χ0n) is 21.6. The quantitative estimate of drug-likeness (QED) is 0.220. The van der Waals surface area contributed by atoms with Crippen molar-refractivity contribution in [2.75, 3.05) is 13.1 Å². The van der Waals surface area contributed by atoms with Gasteiger partial charge in [-0.3, -0.25) is 15.1 Å². The smallest absolute Gasteiger partial charge is 0.407 e. The van der Waals surface area contributed by atoms with E-state index in [0.717, 1.165) is 17.6 Å². The highest BCUT2D eigenvalue weighted by Gasteiger charge is 2.34. The van der Waals surface area contributed by atoms with E-state index in [0.29, 0.717) is 12.1 Å². The predicted octanol–water partition coefficient (Wildman–Crippen LogP) is 1.80. The molecule has 2 rings (SSSR count). The van der Waals surface area contributed by atoms with Crippen molar-refractivity contribution in [3.05, 3.63) is 47.0 Å². The molecule has 2 heterocycles. The Bertz CT molecular complexity index is 1110. The molecule has 37 heavy (non-hydrogen) atoms. The highest BCUT2D eigenvalue weighted by Crippen LogP contribution is 2.19. The fourth-order valence-corrected chi connectivity index (χ4v) is 3.46. The highest BCUT2D eigenvalue weighted by atomic mass is 19.3. The molecule has 6 N–H and O–H groups in total. The molecule has 0 aromatic heterocycles. The van der Waals surface area contributed by atoms with Crippen LogP contribution in [0.1, 0.15) is 41.0 Å². The number of carbonyl (C=O) groups excluding carboxylic acids is 2. The molecule has 0 aromatic rings. The molecule has 2 aliphatic heterocycles. The molecule has 0 saturated heterocycles. The number of ether oxygens (including phenoxy) is 1. The number of rotatable bonds is 10. The maximum Gasteiger partial charge on any atom is 0.407 e. The van der Waals surface area contributed by atoms with Gasteiger partial charge in [-0.1, -0.05) is 13.8 Å². The number of allylic oxidation sites excluding steroid dienone is 5. The van der Waals surface area contributed by atoms with E-state index in [1.54, 1.807) is 32.9 Å². The zero-order valence-corrected chi connectivity index (χ0v) is 21.6. The van der Waals surface area contributed by atoms with Crippen LogP contribution in [0.3, 0.4) is 0 Å². The Morgan fingerprint density at radius 2 is 1.97 bits per heavy atom. The number of halogens is 2. The maximum atomic E-state index is 14.3. The van der Waals surface area contributed by atoms with Crippen LogP contribution in [-0.4, -0.2) is 60.6 Å². The summed E-state index contributed by atoms with van der Waals surface area (Å²) in [5, 5.41) is 25.6. The van der Waals surface area contributed by atoms with Crippen molar-refractivity contribution in [1.82, 2.24) is 16.0 Å². The van der Waals surface area contributed by atoms with E-state index < -0.39 is 42.7 Å². The van der Waals surface area contributed by atoms with E-state index in [2.05, 4.69) is 15.6 Å². The van der Waals surface area contributed by atoms with Gasteiger partial charge in [0.2, 0.25) is 0 Å². The number of alkyl halides is 2. The summed E-state index contributed by atoms with van der Waals surface area (Å²) in [5.74, 6) is -4.08. The summed E-state index contributed by atoms with van der Waals surface area (Å²) >= 11 is 0. The molecule has 0 bridgehead atoms. The van der Waals surface area contributed by atoms with Crippen LogP contribution in [0, 0.1) is 16.7 Å². The number of nitrogens with zero attached hydrogens (tertiary/aromatic N) is 2. The standard InChI is InChI=1S/C25H33F2N7O3/c1-15(2)33-20-9-21(19-7-6-17(34-19)8-16(10-28)11-29)30-12-18(20)22(35)31-13-25(26,27)14-32-23(36)37-24(3,4)5/h6-8,10,12,15,20,28,33-34H,9,13-14H2,1-5H3,(H,31,35)(H,32,36)/p+1. The summed E-state index contributed by atoms with van der Waals surface area (Å²) in [6.07, 6.45) is 6.91. The molecule has 0 radical (unpaired) electrons. The Kier molecular flexibility index (Phi) is 9.99. The summed E-state index contributed by atoms with van der Waals surface area (Å²) in [6, 6.07) is 1.46. The average molecular weight is 519 g/mol. The van der Waals surface area contributed by atoms with Gasteiger partial charge in [-0.2, -0.15) is 5.26 Å². The third-order valence-corrected chi connectivity index (χ3v) is 5.04. The van der Waals surface area contributed by atoms with Gasteiger partial charge in [0.05, 0.1) is 24.2 Å². The van der Waals surface area contributed by atoms with E-state index in [4.69, 9.17) is 15.4 Å². The summed E-state index contributed by atoms with van der Waals surface area (Å²) in [5.41, 5.74) is 1.82. The number of aliphatic imine (C=N–C) groups is 1. The molecule has 0 fully saturated rings. The molecule has 1 unspecified atom stereocenters. The van der Waals surface area contributed by atoms with Crippen LogP contribution in [-0.2, 0) is 9.53 Å². The molecule has 0 aliphatic carbocycles. The lowest BCUT2D eigenvalue weighted by molar-refractivity contribution is -0.537. The molecule has 0 spiro atoms. The van der Waals surface area contributed by atoms with E-state index in [1.165, 1.54) is 6.20 Å². The van der Waals surface area contributed by atoms with Crippen LogP contribution in [0.25, 0.3) is 0 Å². The summed E-state index contributed by atoms with van der Waals surface area (Å²) in [4.78, 5) is 28.9. The van der Waals surface area contributed by atoms with Crippen molar-refractivity contribution in [1.29, 1.82) is 10.7 Å².